The first-order valence-corrected chi connectivity index (χ1v) is 4.12. The van der Waals surface area contributed by atoms with Gasteiger partial charge in [0, 0.05) is 5.56 Å². The van der Waals surface area contributed by atoms with Crippen LogP contribution in [0.2, 0.25) is 0 Å². The zero-order valence-electron chi connectivity index (χ0n) is 8.09. The predicted octanol–water partition coefficient (Wildman–Crippen LogP) is 0.846. The highest BCUT2D eigenvalue weighted by molar-refractivity contribution is 5.92. The number of carbonyl (C=O) groups excluding carboxylic acids is 1. The molecule has 3 N–H and O–H groups in total. The van der Waals surface area contributed by atoms with Gasteiger partial charge >= 0.3 is 0 Å². The van der Waals surface area contributed by atoms with Gasteiger partial charge in [0.15, 0.2) is 0 Å². The van der Waals surface area contributed by atoms with Gasteiger partial charge in [-0.05, 0) is 43.0 Å². The van der Waals surface area contributed by atoms with Gasteiger partial charge < -0.3 is 10.8 Å². The first-order chi connectivity index (χ1) is 6.50. The highest BCUT2D eigenvalue weighted by Gasteiger charge is 2.01. The maximum absolute atomic E-state index is 10.4. The Morgan fingerprint density at radius 2 is 1.86 bits per heavy atom. The van der Waals surface area contributed by atoms with Crippen LogP contribution < -0.4 is 5.73 Å². The number of phenols is 1. The number of aryl methyl sites for hydroxylation is 2. The Hall–Kier alpha value is -1.95. The third kappa shape index (κ3) is 2.27. The molecule has 1 rings (SSSR count). The topological polar surface area (TPSA) is 63.3 Å². The molecule has 72 valence electrons. The van der Waals surface area contributed by atoms with E-state index in [1.165, 1.54) is 0 Å². The third-order valence-electron chi connectivity index (χ3n) is 1.82. The molecular formula is C11H11NO2. The van der Waals surface area contributed by atoms with Gasteiger partial charge in [-0.25, -0.2) is 0 Å². The highest BCUT2D eigenvalue weighted by Crippen LogP contribution is 2.22. The lowest BCUT2D eigenvalue weighted by atomic mass is 10.1. The quantitative estimate of drug-likeness (QED) is 0.594. The van der Waals surface area contributed by atoms with Gasteiger partial charge in [-0.1, -0.05) is 5.92 Å². The van der Waals surface area contributed by atoms with Crippen LogP contribution in [0.4, 0.5) is 0 Å². The summed E-state index contributed by atoms with van der Waals surface area (Å²) >= 11 is 0. The van der Waals surface area contributed by atoms with Crippen LogP contribution in [0.1, 0.15) is 16.7 Å². The number of nitrogens with two attached hydrogens (primary N) is 1. The van der Waals surface area contributed by atoms with E-state index in [1.54, 1.807) is 26.0 Å². The highest BCUT2D eigenvalue weighted by atomic mass is 16.3. The predicted molar refractivity (Wildman–Crippen MR) is 53.7 cm³/mol. The average Bonchev–Trinajstić information content (AvgIpc) is 2.10. The van der Waals surface area contributed by atoms with Crippen LogP contribution in [0.5, 0.6) is 5.75 Å². The molecule has 0 fully saturated rings. The molecule has 0 atom stereocenters. The number of phenolic OH excluding ortho intramolecular Hbond substituents is 1. The van der Waals surface area contributed by atoms with E-state index in [9.17, 15) is 9.90 Å². The van der Waals surface area contributed by atoms with Crippen molar-refractivity contribution < 1.29 is 9.90 Å². The lowest BCUT2D eigenvalue weighted by Crippen LogP contribution is -2.06. The maximum atomic E-state index is 10.4. The van der Waals surface area contributed by atoms with Crippen molar-refractivity contribution in [3.63, 3.8) is 0 Å². The molecule has 14 heavy (non-hydrogen) atoms. The second-order valence-electron chi connectivity index (χ2n) is 3.07. The number of primary amides is 1. The minimum Gasteiger partial charge on any atom is -0.507 e. The molecule has 1 aromatic rings. The summed E-state index contributed by atoms with van der Waals surface area (Å²) in [6.45, 7) is 3.55. The van der Waals surface area contributed by atoms with Crippen LogP contribution in [0.3, 0.4) is 0 Å². The van der Waals surface area contributed by atoms with Crippen molar-refractivity contribution in [3.05, 3.63) is 28.8 Å². The molecular weight excluding hydrogens is 178 g/mol. The Labute approximate surface area is 82.6 Å². The SMILES string of the molecule is Cc1cc(C#CC(N)=O)cc(C)c1O. The zero-order chi connectivity index (χ0) is 10.7. The largest absolute Gasteiger partial charge is 0.507 e. The number of amides is 1. The van der Waals surface area contributed by atoms with E-state index in [2.05, 4.69) is 11.8 Å². The van der Waals surface area contributed by atoms with E-state index < -0.39 is 5.91 Å². The van der Waals surface area contributed by atoms with Crippen LogP contribution in [-0.4, -0.2) is 11.0 Å². The van der Waals surface area contributed by atoms with Crippen molar-refractivity contribution in [2.45, 2.75) is 13.8 Å². The van der Waals surface area contributed by atoms with Crippen LogP contribution in [0, 0.1) is 25.7 Å². The van der Waals surface area contributed by atoms with E-state index in [0.717, 1.165) is 11.1 Å². The monoisotopic (exact) mass is 189 g/mol. The summed E-state index contributed by atoms with van der Waals surface area (Å²) in [6.07, 6.45) is 0. The van der Waals surface area contributed by atoms with Gasteiger partial charge in [-0.2, -0.15) is 0 Å². The second-order valence-corrected chi connectivity index (χ2v) is 3.07. The molecule has 1 aromatic carbocycles. The Kier molecular flexibility index (Phi) is 2.78. The Balaban J connectivity index is 3.15. The molecule has 0 unspecified atom stereocenters. The molecule has 0 saturated carbocycles. The Morgan fingerprint density at radius 1 is 1.36 bits per heavy atom. The molecule has 0 heterocycles. The maximum Gasteiger partial charge on any atom is 0.293 e. The lowest BCUT2D eigenvalue weighted by molar-refractivity contribution is -0.112. The molecule has 0 spiro atoms. The number of aromatic hydroxyl groups is 1. The molecule has 0 radical (unpaired) electrons. The van der Waals surface area contributed by atoms with E-state index >= 15 is 0 Å². The smallest absolute Gasteiger partial charge is 0.293 e. The third-order valence-corrected chi connectivity index (χ3v) is 1.82. The molecule has 0 aliphatic rings. The molecule has 0 bridgehead atoms. The standard InChI is InChI=1S/C11H11NO2/c1-7-5-9(3-4-10(12)13)6-8(2)11(7)14/h5-6,14H,1-2H3,(H2,12,13). The molecule has 1 amide bonds. The lowest BCUT2D eigenvalue weighted by Gasteiger charge is -2.02. The summed E-state index contributed by atoms with van der Waals surface area (Å²) in [4.78, 5) is 10.4. The van der Waals surface area contributed by atoms with Crippen molar-refractivity contribution >= 4 is 5.91 Å². The van der Waals surface area contributed by atoms with Gasteiger partial charge in [0.2, 0.25) is 0 Å². The molecule has 0 saturated heterocycles. The van der Waals surface area contributed by atoms with E-state index in [0.29, 0.717) is 5.56 Å². The van der Waals surface area contributed by atoms with Gasteiger partial charge in [0.05, 0.1) is 0 Å². The number of hydrogen-bond acceptors (Lipinski definition) is 2. The fraction of sp³-hybridized carbons (Fsp3) is 0.182. The minimum absolute atomic E-state index is 0.259. The average molecular weight is 189 g/mol. The number of benzene rings is 1. The van der Waals surface area contributed by atoms with Crippen molar-refractivity contribution in [2.75, 3.05) is 0 Å². The number of rotatable bonds is 0. The first kappa shape index (κ1) is 10.1. The van der Waals surface area contributed by atoms with Crippen molar-refractivity contribution in [1.29, 1.82) is 0 Å². The van der Waals surface area contributed by atoms with Gasteiger partial charge in [0.25, 0.3) is 5.91 Å². The summed E-state index contributed by atoms with van der Waals surface area (Å²) in [5.41, 5.74) is 7.03. The second kappa shape index (κ2) is 3.84. The fourth-order valence-corrected chi connectivity index (χ4v) is 1.16. The van der Waals surface area contributed by atoms with E-state index in [4.69, 9.17) is 5.73 Å². The fourth-order valence-electron chi connectivity index (χ4n) is 1.16. The minimum atomic E-state index is -0.659. The molecule has 0 aromatic heterocycles. The van der Waals surface area contributed by atoms with Crippen molar-refractivity contribution in [2.24, 2.45) is 5.73 Å². The summed E-state index contributed by atoms with van der Waals surface area (Å²) in [7, 11) is 0. The molecule has 3 nitrogen and oxygen atoms in total. The van der Waals surface area contributed by atoms with Crippen LogP contribution in [0.15, 0.2) is 12.1 Å². The number of hydrogen-bond donors (Lipinski definition) is 2. The van der Waals surface area contributed by atoms with Crippen LogP contribution in [-0.2, 0) is 4.79 Å². The summed E-state index contributed by atoms with van der Waals surface area (Å²) in [6, 6.07) is 3.41. The van der Waals surface area contributed by atoms with Gasteiger partial charge in [0.1, 0.15) is 5.75 Å². The van der Waals surface area contributed by atoms with E-state index in [1.807, 2.05) is 0 Å². The van der Waals surface area contributed by atoms with Gasteiger partial charge in [-0.3, -0.25) is 4.79 Å². The first-order valence-electron chi connectivity index (χ1n) is 4.12. The molecule has 3 heteroatoms. The van der Waals surface area contributed by atoms with Crippen molar-refractivity contribution in [3.8, 4) is 17.6 Å². The molecule has 0 aliphatic heterocycles. The molecule has 0 aliphatic carbocycles. The summed E-state index contributed by atoms with van der Waals surface area (Å²) in [5, 5.41) is 9.47. The Bertz CT molecular complexity index is 415. The van der Waals surface area contributed by atoms with Gasteiger partial charge in [-0.15, -0.1) is 0 Å². The summed E-state index contributed by atoms with van der Waals surface area (Å²) < 4.78 is 0. The normalized spacial score (nSPS) is 9.00. The van der Waals surface area contributed by atoms with E-state index in [-0.39, 0.29) is 5.75 Å². The van der Waals surface area contributed by atoms with Crippen molar-refractivity contribution in [1.82, 2.24) is 0 Å². The van der Waals surface area contributed by atoms with Crippen LogP contribution in [0.25, 0.3) is 0 Å². The Morgan fingerprint density at radius 3 is 2.29 bits per heavy atom. The zero-order valence-corrected chi connectivity index (χ0v) is 8.09. The summed E-state index contributed by atoms with van der Waals surface area (Å²) in [5.74, 6) is 4.46. The number of carbonyl (C=O) groups is 1. The van der Waals surface area contributed by atoms with Crippen LogP contribution >= 0.6 is 0 Å².